The molecule has 1 aromatic carbocycles. The smallest absolute Gasteiger partial charge is 0.124 e. The third-order valence-electron chi connectivity index (χ3n) is 4.09. The first-order valence-corrected chi connectivity index (χ1v) is 6.91. The molecule has 1 aliphatic carbocycles. The molecule has 1 heterocycles. The van der Waals surface area contributed by atoms with E-state index in [1.165, 1.54) is 18.5 Å². The zero-order chi connectivity index (χ0) is 12.6. The molecule has 1 unspecified atom stereocenters. The predicted octanol–water partition coefficient (Wildman–Crippen LogP) is 2.11. The van der Waals surface area contributed by atoms with E-state index in [9.17, 15) is 0 Å². The van der Waals surface area contributed by atoms with Crippen LogP contribution >= 0.6 is 0 Å². The monoisotopic (exact) mass is 246 g/mol. The Morgan fingerprint density at radius 2 is 2.11 bits per heavy atom. The first-order valence-electron chi connectivity index (χ1n) is 6.91. The SMILES string of the molecule is CN1CCCC(Oc2ccccc2C2(N)CC2)C1. The lowest BCUT2D eigenvalue weighted by Crippen LogP contribution is -2.39. The molecular weight excluding hydrogens is 224 g/mol. The lowest BCUT2D eigenvalue weighted by molar-refractivity contribution is 0.103. The summed E-state index contributed by atoms with van der Waals surface area (Å²) in [5, 5.41) is 0. The Morgan fingerprint density at radius 1 is 1.33 bits per heavy atom. The van der Waals surface area contributed by atoms with Gasteiger partial charge in [0.05, 0.1) is 0 Å². The van der Waals surface area contributed by atoms with Gasteiger partial charge in [-0.1, -0.05) is 18.2 Å². The van der Waals surface area contributed by atoms with Gasteiger partial charge in [0, 0.05) is 17.6 Å². The van der Waals surface area contributed by atoms with Crippen LogP contribution in [0.4, 0.5) is 0 Å². The molecule has 1 aromatic rings. The number of para-hydroxylation sites is 1. The maximum absolute atomic E-state index is 6.31. The summed E-state index contributed by atoms with van der Waals surface area (Å²) in [6.45, 7) is 2.20. The Balaban J connectivity index is 1.76. The van der Waals surface area contributed by atoms with Crippen molar-refractivity contribution in [1.82, 2.24) is 4.90 Å². The van der Waals surface area contributed by atoms with Gasteiger partial charge in [-0.15, -0.1) is 0 Å². The van der Waals surface area contributed by atoms with Gasteiger partial charge in [0.1, 0.15) is 11.9 Å². The fourth-order valence-corrected chi connectivity index (χ4v) is 2.78. The highest BCUT2D eigenvalue weighted by atomic mass is 16.5. The lowest BCUT2D eigenvalue weighted by atomic mass is 10.0. The molecule has 18 heavy (non-hydrogen) atoms. The molecule has 98 valence electrons. The molecule has 1 aliphatic heterocycles. The lowest BCUT2D eigenvalue weighted by Gasteiger charge is -2.31. The Labute approximate surface area is 109 Å². The summed E-state index contributed by atoms with van der Waals surface area (Å²) in [6.07, 6.45) is 4.84. The minimum Gasteiger partial charge on any atom is -0.489 e. The van der Waals surface area contributed by atoms with E-state index in [4.69, 9.17) is 10.5 Å². The second-order valence-corrected chi connectivity index (χ2v) is 5.80. The van der Waals surface area contributed by atoms with Gasteiger partial charge in [0.25, 0.3) is 0 Å². The standard InChI is InChI=1S/C15H22N2O/c1-17-10-4-5-12(11-17)18-14-7-3-2-6-13(14)15(16)8-9-15/h2-3,6-7,12H,4-5,8-11,16H2,1H3. The van der Waals surface area contributed by atoms with Crippen LogP contribution in [0.15, 0.2) is 24.3 Å². The van der Waals surface area contributed by atoms with E-state index in [2.05, 4.69) is 30.1 Å². The van der Waals surface area contributed by atoms with E-state index in [-0.39, 0.29) is 5.54 Å². The second-order valence-electron chi connectivity index (χ2n) is 5.80. The van der Waals surface area contributed by atoms with Crippen LogP contribution in [0.2, 0.25) is 0 Å². The average Bonchev–Trinajstić information content (AvgIpc) is 3.09. The molecule has 1 saturated heterocycles. The molecule has 3 heteroatoms. The van der Waals surface area contributed by atoms with Crippen molar-refractivity contribution in [2.45, 2.75) is 37.3 Å². The molecule has 3 nitrogen and oxygen atoms in total. The highest BCUT2D eigenvalue weighted by Crippen LogP contribution is 2.46. The number of nitrogens with two attached hydrogens (primary N) is 1. The molecule has 0 radical (unpaired) electrons. The fourth-order valence-electron chi connectivity index (χ4n) is 2.78. The highest BCUT2D eigenvalue weighted by molar-refractivity contribution is 5.42. The van der Waals surface area contributed by atoms with Crippen molar-refractivity contribution in [3.05, 3.63) is 29.8 Å². The van der Waals surface area contributed by atoms with E-state index < -0.39 is 0 Å². The zero-order valence-corrected chi connectivity index (χ0v) is 11.1. The number of ether oxygens (including phenoxy) is 1. The quantitative estimate of drug-likeness (QED) is 0.887. The number of hydrogen-bond acceptors (Lipinski definition) is 3. The number of piperidine rings is 1. The molecule has 3 rings (SSSR count). The Bertz CT molecular complexity index is 428. The maximum atomic E-state index is 6.31. The largest absolute Gasteiger partial charge is 0.489 e. The van der Waals surface area contributed by atoms with E-state index in [1.54, 1.807) is 0 Å². The van der Waals surface area contributed by atoms with Crippen molar-refractivity contribution in [3.8, 4) is 5.75 Å². The first-order chi connectivity index (χ1) is 8.67. The van der Waals surface area contributed by atoms with Gasteiger partial charge in [0.2, 0.25) is 0 Å². The van der Waals surface area contributed by atoms with E-state index in [0.29, 0.717) is 6.10 Å². The minimum atomic E-state index is -0.114. The maximum Gasteiger partial charge on any atom is 0.124 e. The summed E-state index contributed by atoms with van der Waals surface area (Å²) in [7, 11) is 2.16. The molecule has 1 atom stereocenters. The Kier molecular flexibility index (Phi) is 3.04. The molecule has 2 aliphatic rings. The molecule has 0 amide bonds. The molecule has 0 aromatic heterocycles. The van der Waals surface area contributed by atoms with Crippen LogP contribution < -0.4 is 10.5 Å². The summed E-state index contributed by atoms with van der Waals surface area (Å²) >= 11 is 0. The summed E-state index contributed by atoms with van der Waals surface area (Å²) < 4.78 is 6.20. The number of likely N-dealkylation sites (tertiary alicyclic amines) is 1. The molecule has 1 saturated carbocycles. The van der Waals surface area contributed by atoms with Gasteiger partial charge in [-0.2, -0.15) is 0 Å². The second kappa shape index (κ2) is 4.56. The van der Waals surface area contributed by atoms with Gasteiger partial charge >= 0.3 is 0 Å². The van der Waals surface area contributed by atoms with Crippen molar-refractivity contribution in [1.29, 1.82) is 0 Å². The van der Waals surface area contributed by atoms with Gasteiger partial charge in [-0.25, -0.2) is 0 Å². The van der Waals surface area contributed by atoms with Crippen molar-refractivity contribution in [2.75, 3.05) is 20.1 Å². The zero-order valence-electron chi connectivity index (χ0n) is 11.1. The van der Waals surface area contributed by atoms with Crippen LogP contribution in [0.3, 0.4) is 0 Å². The van der Waals surface area contributed by atoms with Crippen molar-refractivity contribution in [3.63, 3.8) is 0 Å². The van der Waals surface area contributed by atoms with Crippen LogP contribution in [0.1, 0.15) is 31.2 Å². The fraction of sp³-hybridized carbons (Fsp3) is 0.600. The Morgan fingerprint density at radius 3 is 2.83 bits per heavy atom. The van der Waals surface area contributed by atoms with Gasteiger partial charge < -0.3 is 15.4 Å². The number of benzene rings is 1. The number of hydrogen-bond donors (Lipinski definition) is 1. The number of nitrogens with zero attached hydrogens (tertiary/aromatic N) is 1. The Hall–Kier alpha value is -1.06. The van der Waals surface area contributed by atoms with E-state index in [0.717, 1.165) is 31.6 Å². The van der Waals surface area contributed by atoms with Crippen LogP contribution in [-0.4, -0.2) is 31.1 Å². The van der Waals surface area contributed by atoms with E-state index >= 15 is 0 Å². The van der Waals surface area contributed by atoms with E-state index in [1.807, 2.05) is 6.07 Å². The van der Waals surface area contributed by atoms with Gasteiger partial charge in [-0.3, -0.25) is 0 Å². The summed E-state index contributed by atoms with van der Waals surface area (Å²) in [5.41, 5.74) is 7.39. The van der Waals surface area contributed by atoms with Crippen LogP contribution in [0, 0.1) is 0 Å². The van der Waals surface area contributed by atoms with Crippen molar-refractivity contribution in [2.24, 2.45) is 5.73 Å². The number of rotatable bonds is 3. The third kappa shape index (κ3) is 2.38. The molecule has 0 bridgehead atoms. The van der Waals surface area contributed by atoms with Crippen LogP contribution in [0.25, 0.3) is 0 Å². The molecule has 0 spiro atoms. The first kappa shape index (κ1) is 12.0. The van der Waals surface area contributed by atoms with Gasteiger partial charge in [-0.05, 0) is 45.3 Å². The van der Waals surface area contributed by atoms with Crippen LogP contribution in [-0.2, 0) is 5.54 Å². The molecule has 2 N–H and O–H groups in total. The summed E-state index contributed by atoms with van der Waals surface area (Å²) in [6, 6.07) is 8.28. The van der Waals surface area contributed by atoms with Crippen molar-refractivity contribution >= 4 is 0 Å². The predicted molar refractivity (Wildman–Crippen MR) is 72.7 cm³/mol. The average molecular weight is 246 g/mol. The minimum absolute atomic E-state index is 0.114. The highest BCUT2D eigenvalue weighted by Gasteiger charge is 2.42. The summed E-state index contributed by atoms with van der Waals surface area (Å²) in [4.78, 5) is 2.34. The van der Waals surface area contributed by atoms with Crippen LogP contribution in [0.5, 0.6) is 5.75 Å². The summed E-state index contributed by atoms with van der Waals surface area (Å²) in [5.74, 6) is 0.998. The van der Waals surface area contributed by atoms with Gasteiger partial charge in [0.15, 0.2) is 0 Å². The van der Waals surface area contributed by atoms with Crippen molar-refractivity contribution < 1.29 is 4.74 Å². The third-order valence-corrected chi connectivity index (χ3v) is 4.09. The normalized spacial score (nSPS) is 26.9. The molecule has 2 fully saturated rings. The molecular formula is C15H22N2O. The topological polar surface area (TPSA) is 38.5 Å². The number of likely N-dealkylation sites (N-methyl/N-ethyl adjacent to an activating group) is 1.